The number of hydrogen-bond acceptors (Lipinski definition) is 3. The second kappa shape index (κ2) is 10.7. The topological polar surface area (TPSA) is 29.5 Å². The summed E-state index contributed by atoms with van der Waals surface area (Å²) < 4.78 is 12.4. The van der Waals surface area contributed by atoms with Crippen molar-refractivity contribution in [3.8, 4) is 22.3 Å². The summed E-state index contributed by atoms with van der Waals surface area (Å²) in [5.41, 5.74) is 14.5. The third-order valence-electron chi connectivity index (χ3n) is 11.3. The highest BCUT2D eigenvalue weighted by Crippen LogP contribution is 2.54. The summed E-state index contributed by atoms with van der Waals surface area (Å²) >= 11 is 0. The van der Waals surface area contributed by atoms with Crippen molar-refractivity contribution in [2.45, 2.75) is 19.3 Å². The Morgan fingerprint density at radius 1 is 0.442 bits per heavy atom. The average molecular weight is 668 g/mol. The monoisotopic (exact) mass is 667 g/mol. The molecule has 0 radical (unpaired) electrons. The first-order chi connectivity index (χ1) is 25.5. The van der Waals surface area contributed by atoms with Crippen LogP contribution in [0.25, 0.3) is 76.9 Å². The van der Waals surface area contributed by atoms with Crippen LogP contribution in [0.15, 0.2) is 173 Å². The Morgan fingerprint density at radius 2 is 1.10 bits per heavy atom. The minimum Gasteiger partial charge on any atom is -0.456 e. The van der Waals surface area contributed by atoms with E-state index >= 15 is 0 Å². The Balaban J connectivity index is 1.08. The number of furan rings is 2. The molecule has 0 spiro atoms. The molecule has 1 aliphatic carbocycles. The Hall–Kier alpha value is -6.58. The molecule has 0 aliphatic heterocycles. The lowest BCUT2D eigenvalue weighted by Gasteiger charge is -2.29. The molecule has 10 aromatic rings. The van der Waals surface area contributed by atoms with Crippen LogP contribution in [0.2, 0.25) is 0 Å². The lowest BCUT2D eigenvalue weighted by Crippen LogP contribution is -2.16. The van der Waals surface area contributed by atoms with E-state index in [-0.39, 0.29) is 5.41 Å². The van der Waals surface area contributed by atoms with Crippen LogP contribution in [0.5, 0.6) is 0 Å². The molecule has 2 aromatic heterocycles. The summed E-state index contributed by atoms with van der Waals surface area (Å²) in [7, 11) is 0. The third-order valence-corrected chi connectivity index (χ3v) is 11.3. The molecule has 0 unspecified atom stereocenters. The average Bonchev–Trinajstić information content (AvgIpc) is 3.83. The SMILES string of the molecule is CC1(C)c2ccccc2-c2c(N(c3ccc(-c4ccc5c(ccc6oc7ccccc7c65)c4)cc3)c3ccc4oc5ccccc5c4c3)cccc21. The highest BCUT2D eigenvalue weighted by atomic mass is 16.3. The molecule has 8 aromatic carbocycles. The fourth-order valence-electron chi connectivity index (χ4n) is 8.74. The fraction of sp³-hybridized carbons (Fsp3) is 0.0612. The minimum absolute atomic E-state index is 0.105. The van der Waals surface area contributed by atoms with Gasteiger partial charge in [-0.3, -0.25) is 0 Å². The molecular weight excluding hydrogens is 635 g/mol. The molecule has 0 N–H and O–H groups in total. The largest absolute Gasteiger partial charge is 0.456 e. The van der Waals surface area contributed by atoms with Crippen molar-refractivity contribution in [1.82, 2.24) is 0 Å². The van der Waals surface area contributed by atoms with Crippen LogP contribution in [0.1, 0.15) is 25.0 Å². The molecule has 3 heteroatoms. The zero-order chi connectivity index (χ0) is 34.6. The van der Waals surface area contributed by atoms with Gasteiger partial charge in [0, 0.05) is 43.9 Å². The van der Waals surface area contributed by atoms with Crippen LogP contribution < -0.4 is 4.90 Å². The molecule has 3 nitrogen and oxygen atoms in total. The minimum atomic E-state index is -0.105. The zero-order valence-corrected chi connectivity index (χ0v) is 28.9. The van der Waals surface area contributed by atoms with Gasteiger partial charge < -0.3 is 13.7 Å². The van der Waals surface area contributed by atoms with Crippen molar-refractivity contribution in [2.24, 2.45) is 0 Å². The molecule has 0 amide bonds. The maximum absolute atomic E-state index is 6.26. The van der Waals surface area contributed by atoms with Crippen LogP contribution in [-0.4, -0.2) is 0 Å². The quantitative estimate of drug-likeness (QED) is 0.187. The van der Waals surface area contributed by atoms with Gasteiger partial charge in [-0.1, -0.05) is 117 Å². The van der Waals surface area contributed by atoms with Gasteiger partial charge in [-0.15, -0.1) is 0 Å². The van der Waals surface area contributed by atoms with Crippen molar-refractivity contribution in [1.29, 1.82) is 0 Å². The second-order valence-corrected chi connectivity index (χ2v) is 14.5. The van der Waals surface area contributed by atoms with Crippen molar-refractivity contribution >= 4 is 71.7 Å². The molecule has 0 saturated carbocycles. The summed E-state index contributed by atoms with van der Waals surface area (Å²) in [6.45, 7) is 4.68. The Kier molecular flexibility index (Phi) is 6.01. The number of benzene rings is 8. The normalized spacial score (nSPS) is 13.3. The standard InChI is InChI=1S/C49H33NO2/c1-49(2)40-13-6-3-11-37(40)48-41(49)14-9-15-42(48)50(34-24-27-45-39(29-34)36-10-4-7-16-43(36)51-45)33-22-18-30(19-23-33)31-20-25-35-32(28-31)21-26-46-47(35)38-12-5-8-17-44(38)52-46/h3-29H,1-2H3. The van der Waals surface area contributed by atoms with Crippen molar-refractivity contribution in [2.75, 3.05) is 4.90 Å². The van der Waals surface area contributed by atoms with Gasteiger partial charge in [0.2, 0.25) is 0 Å². The molecule has 11 rings (SSSR count). The van der Waals surface area contributed by atoms with Gasteiger partial charge in [0.15, 0.2) is 0 Å². The molecule has 0 saturated heterocycles. The Bertz CT molecular complexity index is 3050. The van der Waals surface area contributed by atoms with Gasteiger partial charge in [-0.25, -0.2) is 0 Å². The van der Waals surface area contributed by atoms with E-state index in [0.717, 1.165) is 55.6 Å². The molecule has 1 aliphatic rings. The van der Waals surface area contributed by atoms with Crippen molar-refractivity contribution in [3.05, 3.63) is 175 Å². The van der Waals surface area contributed by atoms with Crippen LogP contribution in [0.4, 0.5) is 17.1 Å². The van der Waals surface area contributed by atoms with Crippen molar-refractivity contribution < 1.29 is 8.83 Å². The van der Waals surface area contributed by atoms with Gasteiger partial charge in [-0.05, 0) is 99.3 Å². The highest BCUT2D eigenvalue weighted by Gasteiger charge is 2.37. The third kappa shape index (κ3) is 4.14. The zero-order valence-electron chi connectivity index (χ0n) is 28.9. The number of anilines is 3. The molecule has 0 atom stereocenters. The number of para-hydroxylation sites is 2. The Labute approximate surface area is 301 Å². The number of fused-ring (bicyclic) bond motifs is 11. The first-order valence-corrected chi connectivity index (χ1v) is 17.9. The van der Waals surface area contributed by atoms with E-state index in [4.69, 9.17) is 8.83 Å². The summed E-state index contributed by atoms with van der Waals surface area (Å²) in [6.07, 6.45) is 0. The molecule has 0 bridgehead atoms. The lowest BCUT2D eigenvalue weighted by molar-refractivity contribution is 0.660. The second-order valence-electron chi connectivity index (χ2n) is 14.5. The van der Waals surface area contributed by atoms with E-state index in [0.29, 0.717) is 0 Å². The molecule has 0 fully saturated rings. The van der Waals surface area contributed by atoms with E-state index in [1.807, 2.05) is 24.3 Å². The van der Waals surface area contributed by atoms with E-state index in [9.17, 15) is 0 Å². The molecule has 2 heterocycles. The van der Waals surface area contributed by atoms with Crippen LogP contribution >= 0.6 is 0 Å². The smallest absolute Gasteiger partial charge is 0.136 e. The molecule has 52 heavy (non-hydrogen) atoms. The first-order valence-electron chi connectivity index (χ1n) is 17.9. The number of nitrogens with zero attached hydrogens (tertiary/aromatic N) is 1. The predicted molar refractivity (Wildman–Crippen MR) is 216 cm³/mol. The van der Waals surface area contributed by atoms with Crippen molar-refractivity contribution in [3.63, 3.8) is 0 Å². The summed E-state index contributed by atoms with van der Waals surface area (Å²) in [6, 6.07) is 58.9. The summed E-state index contributed by atoms with van der Waals surface area (Å²) in [5.74, 6) is 0. The first kappa shape index (κ1) is 29.2. The predicted octanol–water partition coefficient (Wildman–Crippen LogP) is 14.1. The van der Waals surface area contributed by atoms with Gasteiger partial charge in [0.1, 0.15) is 22.3 Å². The maximum Gasteiger partial charge on any atom is 0.136 e. The summed E-state index contributed by atoms with van der Waals surface area (Å²) in [5, 5.41) is 6.96. The van der Waals surface area contributed by atoms with E-state index in [1.54, 1.807) is 0 Å². The van der Waals surface area contributed by atoms with E-state index < -0.39 is 0 Å². The van der Waals surface area contributed by atoms with Crippen LogP contribution in [0.3, 0.4) is 0 Å². The van der Waals surface area contributed by atoms with Gasteiger partial charge in [0.25, 0.3) is 0 Å². The fourth-order valence-corrected chi connectivity index (χ4v) is 8.74. The van der Waals surface area contributed by atoms with Crippen LogP contribution in [0, 0.1) is 0 Å². The van der Waals surface area contributed by atoms with Gasteiger partial charge in [-0.2, -0.15) is 0 Å². The van der Waals surface area contributed by atoms with E-state index in [2.05, 4.69) is 158 Å². The molecular formula is C49H33NO2. The maximum atomic E-state index is 6.26. The van der Waals surface area contributed by atoms with Crippen LogP contribution in [-0.2, 0) is 5.41 Å². The number of rotatable bonds is 4. The highest BCUT2D eigenvalue weighted by molar-refractivity contribution is 6.19. The van der Waals surface area contributed by atoms with Gasteiger partial charge in [0.05, 0.1) is 5.69 Å². The summed E-state index contributed by atoms with van der Waals surface area (Å²) in [4.78, 5) is 2.42. The lowest BCUT2D eigenvalue weighted by atomic mass is 9.82. The molecule has 246 valence electrons. The van der Waals surface area contributed by atoms with Gasteiger partial charge >= 0.3 is 0 Å². The number of hydrogen-bond donors (Lipinski definition) is 0. The Morgan fingerprint density at radius 3 is 1.96 bits per heavy atom. The van der Waals surface area contributed by atoms with E-state index in [1.165, 1.54) is 49.5 Å².